The molecule has 1 aromatic rings. The highest BCUT2D eigenvalue weighted by atomic mass is 32.2. The third-order valence-corrected chi connectivity index (χ3v) is 4.29. The SMILES string of the molecule is CCC(N)C(Sc1nc(C)c(C)c(C)n1)C(F)(F)F. The van der Waals surface area contributed by atoms with Gasteiger partial charge in [-0.1, -0.05) is 18.7 Å². The molecule has 0 bridgehead atoms. The summed E-state index contributed by atoms with van der Waals surface area (Å²) < 4.78 is 38.9. The first-order valence-electron chi connectivity index (χ1n) is 5.97. The van der Waals surface area contributed by atoms with Crippen LogP contribution in [0.1, 0.15) is 30.3 Å². The largest absolute Gasteiger partial charge is 0.402 e. The second-order valence-electron chi connectivity index (χ2n) is 4.45. The molecule has 0 aliphatic rings. The van der Waals surface area contributed by atoms with E-state index in [1.165, 1.54) is 0 Å². The maximum Gasteiger partial charge on any atom is 0.402 e. The van der Waals surface area contributed by atoms with Gasteiger partial charge in [-0.25, -0.2) is 9.97 Å². The van der Waals surface area contributed by atoms with Crippen molar-refractivity contribution in [3.63, 3.8) is 0 Å². The molecular formula is C12H18F3N3S. The Morgan fingerprint density at radius 3 is 2.00 bits per heavy atom. The van der Waals surface area contributed by atoms with E-state index >= 15 is 0 Å². The summed E-state index contributed by atoms with van der Waals surface area (Å²) in [7, 11) is 0. The van der Waals surface area contributed by atoms with Crippen LogP contribution in [0.2, 0.25) is 0 Å². The summed E-state index contributed by atoms with van der Waals surface area (Å²) in [6.45, 7) is 7.00. The highest BCUT2D eigenvalue weighted by molar-refractivity contribution is 7.99. The molecule has 3 nitrogen and oxygen atoms in total. The maximum absolute atomic E-state index is 13.0. The summed E-state index contributed by atoms with van der Waals surface area (Å²) in [5.41, 5.74) is 7.85. The van der Waals surface area contributed by atoms with Crippen LogP contribution in [0.25, 0.3) is 0 Å². The maximum atomic E-state index is 13.0. The van der Waals surface area contributed by atoms with E-state index in [2.05, 4.69) is 9.97 Å². The van der Waals surface area contributed by atoms with E-state index in [1.807, 2.05) is 6.92 Å². The van der Waals surface area contributed by atoms with Gasteiger partial charge in [0.2, 0.25) is 0 Å². The molecule has 1 heterocycles. The summed E-state index contributed by atoms with van der Waals surface area (Å²) in [5, 5.41) is -1.55. The van der Waals surface area contributed by atoms with E-state index in [1.54, 1.807) is 20.8 Å². The van der Waals surface area contributed by atoms with Crippen LogP contribution in [0, 0.1) is 20.8 Å². The van der Waals surface area contributed by atoms with Crippen LogP contribution in [0.15, 0.2) is 5.16 Å². The van der Waals surface area contributed by atoms with E-state index in [-0.39, 0.29) is 11.6 Å². The number of thioether (sulfide) groups is 1. The minimum Gasteiger partial charge on any atom is -0.326 e. The molecule has 0 aliphatic heterocycles. The van der Waals surface area contributed by atoms with Crippen LogP contribution in [0.4, 0.5) is 13.2 Å². The van der Waals surface area contributed by atoms with Gasteiger partial charge >= 0.3 is 6.18 Å². The van der Waals surface area contributed by atoms with E-state index in [0.29, 0.717) is 23.1 Å². The summed E-state index contributed by atoms with van der Waals surface area (Å²) in [6.07, 6.45) is -4.11. The summed E-state index contributed by atoms with van der Waals surface area (Å²) in [4.78, 5) is 8.20. The molecule has 0 saturated carbocycles. The average Bonchev–Trinajstić information content (AvgIpc) is 2.30. The number of aromatic nitrogens is 2. The molecule has 19 heavy (non-hydrogen) atoms. The fraction of sp³-hybridized carbons (Fsp3) is 0.667. The predicted octanol–water partition coefficient (Wildman–Crippen LogP) is 3.16. The fourth-order valence-corrected chi connectivity index (χ4v) is 2.63. The molecule has 108 valence electrons. The van der Waals surface area contributed by atoms with Gasteiger partial charge in [-0.15, -0.1) is 0 Å². The third kappa shape index (κ3) is 4.07. The van der Waals surface area contributed by atoms with Crippen LogP contribution >= 0.6 is 11.8 Å². The number of nitrogens with zero attached hydrogens (tertiary/aromatic N) is 2. The number of halogens is 3. The molecule has 0 aliphatic carbocycles. The number of aryl methyl sites for hydroxylation is 2. The number of alkyl halides is 3. The first-order chi connectivity index (χ1) is 8.66. The standard InChI is InChI=1S/C12H18F3N3S/c1-5-9(16)10(12(13,14)15)19-11-17-7(3)6(2)8(4)18-11/h9-10H,5,16H2,1-4H3. The smallest absolute Gasteiger partial charge is 0.326 e. The van der Waals surface area contributed by atoms with Gasteiger partial charge in [-0.3, -0.25) is 0 Å². The van der Waals surface area contributed by atoms with Crippen molar-refractivity contribution in [2.75, 3.05) is 0 Å². The molecule has 0 saturated heterocycles. The number of nitrogens with two attached hydrogens (primary N) is 1. The minimum atomic E-state index is -4.36. The van der Waals surface area contributed by atoms with Crippen molar-refractivity contribution in [2.24, 2.45) is 5.73 Å². The van der Waals surface area contributed by atoms with Gasteiger partial charge in [-0.2, -0.15) is 13.2 Å². The Morgan fingerprint density at radius 2 is 1.63 bits per heavy atom. The second kappa shape index (κ2) is 6.09. The first-order valence-corrected chi connectivity index (χ1v) is 6.85. The summed E-state index contributed by atoms with van der Waals surface area (Å²) in [5.74, 6) is 0. The van der Waals surface area contributed by atoms with Gasteiger partial charge in [0.15, 0.2) is 5.16 Å². The minimum absolute atomic E-state index is 0.131. The molecule has 1 rings (SSSR count). The zero-order valence-corrected chi connectivity index (χ0v) is 12.2. The van der Waals surface area contributed by atoms with Gasteiger partial charge in [0.25, 0.3) is 0 Å². The Balaban J connectivity index is 3.04. The van der Waals surface area contributed by atoms with Crippen molar-refractivity contribution in [2.45, 2.75) is 56.7 Å². The lowest BCUT2D eigenvalue weighted by molar-refractivity contribution is -0.132. The van der Waals surface area contributed by atoms with E-state index in [0.717, 1.165) is 5.56 Å². The van der Waals surface area contributed by atoms with Crippen molar-refractivity contribution < 1.29 is 13.2 Å². The molecule has 0 radical (unpaired) electrons. The number of hydrogen-bond acceptors (Lipinski definition) is 4. The zero-order chi connectivity index (χ0) is 14.8. The van der Waals surface area contributed by atoms with Crippen LogP contribution in [0.3, 0.4) is 0 Å². The van der Waals surface area contributed by atoms with Crippen LogP contribution < -0.4 is 5.73 Å². The third-order valence-electron chi connectivity index (χ3n) is 3.03. The van der Waals surface area contributed by atoms with E-state index in [4.69, 9.17) is 5.73 Å². The van der Waals surface area contributed by atoms with Crippen LogP contribution in [-0.4, -0.2) is 27.4 Å². The van der Waals surface area contributed by atoms with Crippen LogP contribution in [0.5, 0.6) is 0 Å². The normalized spacial score (nSPS) is 15.4. The lowest BCUT2D eigenvalue weighted by Crippen LogP contribution is -2.42. The van der Waals surface area contributed by atoms with E-state index in [9.17, 15) is 13.2 Å². The quantitative estimate of drug-likeness (QED) is 0.684. The summed E-state index contributed by atoms with van der Waals surface area (Å²) >= 11 is 0.593. The van der Waals surface area contributed by atoms with Crippen molar-refractivity contribution in [3.8, 4) is 0 Å². The van der Waals surface area contributed by atoms with Crippen molar-refractivity contribution in [3.05, 3.63) is 17.0 Å². The lowest BCUT2D eigenvalue weighted by Gasteiger charge is -2.24. The van der Waals surface area contributed by atoms with Gasteiger partial charge in [-0.05, 0) is 32.8 Å². The monoisotopic (exact) mass is 293 g/mol. The molecule has 7 heteroatoms. The highest BCUT2D eigenvalue weighted by Gasteiger charge is 2.44. The Labute approximate surface area is 115 Å². The molecule has 2 unspecified atom stereocenters. The topological polar surface area (TPSA) is 51.8 Å². The molecular weight excluding hydrogens is 275 g/mol. The number of rotatable bonds is 4. The predicted molar refractivity (Wildman–Crippen MR) is 70.2 cm³/mol. The van der Waals surface area contributed by atoms with Crippen molar-refractivity contribution >= 4 is 11.8 Å². The van der Waals surface area contributed by atoms with Gasteiger partial charge in [0.1, 0.15) is 5.25 Å². The lowest BCUT2D eigenvalue weighted by atomic mass is 10.1. The Hall–Kier alpha value is -0.820. The van der Waals surface area contributed by atoms with Crippen molar-refractivity contribution in [1.82, 2.24) is 9.97 Å². The van der Waals surface area contributed by atoms with Gasteiger partial charge < -0.3 is 5.73 Å². The molecule has 2 atom stereocenters. The molecule has 0 fully saturated rings. The number of hydrogen-bond donors (Lipinski definition) is 1. The molecule has 2 N–H and O–H groups in total. The van der Waals surface area contributed by atoms with Gasteiger partial charge in [0.05, 0.1) is 0 Å². The molecule has 1 aromatic heterocycles. The Morgan fingerprint density at radius 1 is 1.16 bits per heavy atom. The average molecular weight is 293 g/mol. The Bertz CT molecular complexity index is 425. The zero-order valence-electron chi connectivity index (χ0n) is 11.4. The van der Waals surface area contributed by atoms with Crippen molar-refractivity contribution in [1.29, 1.82) is 0 Å². The summed E-state index contributed by atoms with van der Waals surface area (Å²) in [6, 6.07) is -0.962. The second-order valence-corrected chi connectivity index (χ2v) is 5.56. The van der Waals surface area contributed by atoms with Crippen LogP contribution in [-0.2, 0) is 0 Å². The fourth-order valence-electron chi connectivity index (χ4n) is 1.52. The highest BCUT2D eigenvalue weighted by Crippen LogP contribution is 2.36. The Kier molecular flexibility index (Phi) is 5.20. The molecule has 0 amide bonds. The molecule has 0 spiro atoms. The van der Waals surface area contributed by atoms with Gasteiger partial charge in [0, 0.05) is 17.4 Å². The van der Waals surface area contributed by atoms with E-state index < -0.39 is 17.5 Å². The first kappa shape index (κ1) is 16.2. The molecule has 0 aromatic carbocycles.